The molecular weight excluding hydrogens is 629 g/mol. The summed E-state index contributed by atoms with van der Waals surface area (Å²) in [4.78, 5) is 10.2. The zero-order chi connectivity index (χ0) is 23.1. The van der Waals surface area contributed by atoms with Gasteiger partial charge in [-0.2, -0.15) is 30.3 Å². The van der Waals surface area contributed by atoms with Gasteiger partial charge >= 0.3 is 21.1 Å². The summed E-state index contributed by atoms with van der Waals surface area (Å²) >= 11 is 1.62. The smallest absolute Gasteiger partial charge is 0.313 e. The summed E-state index contributed by atoms with van der Waals surface area (Å²) < 4.78 is 2.22. The SMILES string of the molecule is Cc1ccnc(Sc2[c-]c(-c3[c-]c4c(cc3)c3ccccc3n4-c3ncccc3C)ccc2)c1.[Pt+2]. The van der Waals surface area contributed by atoms with Crippen molar-refractivity contribution in [3.05, 3.63) is 115 Å². The normalized spacial score (nSPS) is 11.0. The first kappa shape index (κ1) is 23.5. The van der Waals surface area contributed by atoms with Gasteiger partial charge in [-0.1, -0.05) is 46.3 Å². The Hall–Kier alpha value is -3.20. The predicted octanol–water partition coefficient (Wildman–Crippen LogP) is 7.61. The Labute approximate surface area is 223 Å². The van der Waals surface area contributed by atoms with Gasteiger partial charge in [0.15, 0.2) is 0 Å². The first-order valence-electron chi connectivity index (χ1n) is 11.2. The van der Waals surface area contributed by atoms with Crippen LogP contribution in [0.4, 0.5) is 0 Å². The van der Waals surface area contributed by atoms with E-state index in [9.17, 15) is 0 Å². The molecule has 0 saturated heterocycles. The molecule has 0 amide bonds. The average molecular weight is 651 g/mol. The molecule has 6 rings (SSSR count). The van der Waals surface area contributed by atoms with Gasteiger partial charge in [0.05, 0.1) is 5.03 Å². The van der Waals surface area contributed by atoms with Crippen LogP contribution in [0.25, 0.3) is 38.8 Å². The van der Waals surface area contributed by atoms with E-state index in [1.165, 1.54) is 16.3 Å². The molecule has 3 nitrogen and oxygen atoms in total. The minimum absolute atomic E-state index is 0. The van der Waals surface area contributed by atoms with Gasteiger partial charge in [-0.15, -0.1) is 12.1 Å². The average Bonchev–Trinajstić information content (AvgIpc) is 3.18. The number of hydrogen-bond acceptors (Lipinski definition) is 3. The molecule has 35 heavy (non-hydrogen) atoms. The maximum Gasteiger partial charge on any atom is 2.00 e. The van der Waals surface area contributed by atoms with Crippen molar-refractivity contribution in [3.8, 4) is 16.9 Å². The number of pyridine rings is 2. The van der Waals surface area contributed by atoms with Crippen LogP contribution in [-0.2, 0) is 21.1 Å². The zero-order valence-corrected chi connectivity index (χ0v) is 22.3. The third-order valence-corrected chi connectivity index (χ3v) is 6.83. The summed E-state index contributed by atoms with van der Waals surface area (Å²) in [6.45, 7) is 4.18. The molecule has 3 aromatic carbocycles. The number of hydrogen-bond donors (Lipinski definition) is 0. The van der Waals surface area contributed by atoms with Crippen LogP contribution in [0.3, 0.4) is 0 Å². The molecule has 0 fully saturated rings. The van der Waals surface area contributed by atoms with Crippen molar-refractivity contribution in [2.45, 2.75) is 23.8 Å². The molecule has 0 bridgehead atoms. The van der Waals surface area contributed by atoms with Crippen molar-refractivity contribution in [2.24, 2.45) is 0 Å². The summed E-state index contributed by atoms with van der Waals surface area (Å²) in [5.41, 5.74) is 6.49. The second kappa shape index (κ2) is 9.81. The maximum atomic E-state index is 4.72. The monoisotopic (exact) mass is 650 g/mol. The van der Waals surface area contributed by atoms with Crippen molar-refractivity contribution in [3.63, 3.8) is 0 Å². The molecule has 0 aliphatic heterocycles. The van der Waals surface area contributed by atoms with Gasteiger partial charge < -0.3 is 4.57 Å². The summed E-state index contributed by atoms with van der Waals surface area (Å²) in [5.74, 6) is 0.931. The van der Waals surface area contributed by atoms with Gasteiger partial charge in [0, 0.05) is 17.9 Å². The Morgan fingerprint density at radius 2 is 1.60 bits per heavy atom. The Bertz CT molecular complexity index is 1670. The molecule has 0 radical (unpaired) electrons. The maximum absolute atomic E-state index is 4.72. The van der Waals surface area contributed by atoms with E-state index in [2.05, 4.69) is 102 Å². The van der Waals surface area contributed by atoms with Gasteiger partial charge in [-0.25, -0.2) is 21.1 Å². The first-order valence-corrected chi connectivity index (χ1v) is 12.0. The van der Waals surface area contributed by atoms with Crippen molar-refractivity contribution in [1.82, 2.24) is 14.5 Å². The summed E-state index contributed by atoms with van der Waals surface area (Å²) in [6, 6.07) is 34.5. The van der Waals surface area contributed by atoms with E-state index < -0.39 is 0 Å². The Kier molecular flexibility index (Phi) is 6.60. The van der Waals surface area contributed by atoms with Crippen LogP contribution >= 0.6 is 11.8 Å². The first-order chi connectivity index (χ1) is 16.7. The molecule has 0 aliphatic rings. The summed E-state index contributed by atoms with van der Waals surface area (Å²) in [5, 5.41) is 3.33. The van der Waals surface area contributed by atoms with Crippen LogP contribution in [0, 0.1) is 26.0 Å². The fourth-order valence-electron chi connectivity index (χ4n) is 4.32. The fourth-order valence-corrected chi connectivity index (χ4v) is 5.21. The van der Waals surface area contributed by atoms with E-state index in [0.717, 1.165) is 43.5 Å². The second-order valence-electron chi connectivity index (χ2n) is 8.33. The van der Waals surface area contributed by atoms with Crippen LogP contribution in [-0.4, -0.2) is 14.5 Å². The van der Waals surface area contributed by atoms with Crippen LogP contribution < -0.4 is 0 Å². The van der Waals surface area contributed by atoms with Crippen LogP contribution in [0.5, 0.6) is 0 Å². The van der Waals surface area contributed by atoms with Gasteiger partial charge in [0.25, 0.3) is 0 Å². The molecule has 0 spiro atoms. The molecular formula is C30H21N3PtS. The van der Waals surface area contributed by atoms with E-state index in [1.54, 1.807) is 11.8 Å². The van der Waals surface area contributed by atoms with Gasteiger partial charge in [-0.3, -0.25) is 0 Å². The minimum Gasteiger partial charge on any atom is -0.313 e. The number of benzene rings is 3. The summed E-state index contributed by atoms with van der Waals surface area (Å²) in [7, 11) is 0. The standard InChI is InChI=1S/C30H21N3S.Pt/c1-20-14-16-31-29(17-20)34-24-9-5-8-22(18-24)23-12-13-26-25-10-3-4-11-27(25)33(28(26)19-23)30-21(2)7-6-15-32-30;/h3-17H,1-2H3;/q-2;+2. The van der Waals surface area contributed by atoms with Crippen molar-refractivity contribution in [2.75, 3.05) is 0 Å². The molecule has 0 atom stereocenters. The van der Waals surface area contributed by atoms with Crippen molar-refractivity contribution < 1.29 is 21.1 Å². The number of para-hydroxylation sites is 1. The van der Waals surface area contributed by atoms with Gasteiger partial charge in [0.1, 0.15) is 5.82 Å². The number of rotatable bonds is 4. The van der Waals surface area contributed by atoms with E-state index in [0.29, 0.717) is 0 Å². The largest absolute Gasteiger partial charge is 2.00 e. The zero-order valence-electron chi connectivity index (χ0n) is 19.2. The van der Waals surface area contributed by atoms with Crippen LogP contribution in [0.15, 0.2) is 101 Å². The molecule has 3 aromatic heterocycles. The number of nitrogens with zero attached hydrogens (tertiary/aromatic N) is 3. The molecule has 0 N–H and O–H groups in total. The van der Waals surface area contributed by atoms with E-state index >= 15 is 0 Å². The molecule has 0 aliphatic carbocycles. The van der Waals surface area contributed by atoms with Crippen molar-refractivity contribution >= 4 is 33.6 Å². The Morgan fingerprint density at radius 3 is 2.46 bits per heavy atom. The number of aromatic nitrogens is 3. The van der Waals surface area contributed by atoms with Crippen molar-refractivity contribution in [1.29, 1.82) is 0 Å². The van der Waals surface area contributed by atoms with Gasteiger partial charge in [0.2, 0.25) is 0 Å². The molecule has 172 valence electrons. The number of fused-ring (bicyclic) bond motifs is 3. The van der Waals surface area contributed by atoms with E-state index in [-0.39, 0.29) is 21.1 Å². The van der Waals surface area contributed by atoms with E-state index in [1.807, 2.05) is 24.5 Å². The van der Waals surface area contributed by atoms with Crippen LogP contribution in [0.2, 0.25) is 0 Å². The molecule has 0 saturated carbocycles. The van der Waals surface area contributed by atoms with Gasteiger partial charge in [-0.05, 0) is 60.1 Å². The topological polar surface area (TPSA) is 30.7 Å². The molecule has 5 heteroatoms. The Morgan fingerprint density at radius 1 is 0.743 bits per heavy atom. The second-order valence-corrected chi connectivity index (χ2v) is 9.40. The molecule has 3 heterocycles. The minimum atomic E-state index is 0. The summed E-state index contributed by atoms with van der Waals surface area (Å²) in [6.07, 6.45) is 3.70. The molecule has 6 aromatic rings. The van der Waals surface area contributed by atoms with Crippen LogP contribution in [0.1, 0.15) is 11.1 Å². The molecule has 0 unspecified atom stereocenters. The predicted molar refractivity (Wildman–Crippen MR) is 140 cm³/mol. The third kappa shape index (κ3) is 4.45. The number of aryl methyl sites for hydroxylation is 2. The quantitative estimate of drug-likeness (QED) is 0.184. The third-order valence-electron chi connectivity index (χ3n) is 5.94. The Balaban J connectivity index is 0.00000253. The fraction of sp³-hybridized carbons (Fsp3) is 0.0667. The van der Waals surface area contributed by atoms with E-state index in [4.69, 9.17) is 4.98 Å².